The first-order valence-corrected chi connectivity index (χ1v) is 11.3. The Balaban J connectivity index is 1.36. The summed E-state index contributed by atoms with van der Waals surface area (Å²) in [4.78, 5) is 37.3. The van der Waals surface area contributed by atoms with Crippen molar-refractivity contribution in [3.05, 3.63) is 30.1 Å². The molecule has 2 aliphatic rings. The molecular formula is C24H33N5O2. The Hall–Kier alpha value is -2.66. The zero-order valence-corrected chi connectivity index (χ0v) is 18.8. The number of nitrogens with zero attached hydrogens (tertiary/aromatic N) is 3. The number of amides is 2. The van der Waals surface area contributed by atoms with Gasteiger partial charge in [0.25, 0.3) is 0 Å². The van der Waals surface area contributed by atoms with E-state index in [1.54, 1.807) is 6.08 Å². The van der Waals surface area contributed by atoms with Crippen LogP contribution in [0.25, 0.3) is 11.0 Å². The van der Waals surface area contributed by atoms with Gasteiger partial charge in [-0.3, -0.25) is 4.98 Å². The number of piperidine rings is 1. The van der Waals surface area contributed by atoms with E-state index in [-0.39, 0.29) is 22.9 Å². The fourth-order valence-corrected chi connectivity index (χ4v) is 6.03. The van der Waals surface area contributed by atoms with E-state index in [1.807, 2.05) is 23.2 Å². The minimum atomic E-state index is -0.0908. The number of pyridine rings is 1. The third-order valence-electron chi connectivity index (χ3n) is 6.98. The van der Waals surface area contributed by atoms with Gasteiger partial charge in [-0.15, -0.1) is 0 Å². The predicted octanol–water partition coefficient (Wildman–Crippen LogP) is 4.37. The van der Waals surface area contributed by atoms with E-state index >= 15 is 0 Å². The van der Waals surface area contributed by atoms with Crippen molar-refractivity contribution in [3.8, 4) is 0 Å². The highest BCUT2D eigenvalue weighted by Crippen LogP contribution is 2.46. The van der Waals surface area contributed by atoms with Gasteiger partial charge in [-0.05, 0) is 66.5 Å². The van der Waals surface area contributed by atoms with E-state index in [1.165, 1.54) is 5.56 Å². The van der Waals surface area contributed by atoms with Crippen LogP contribution in [0.3, 0.4) is 0 Å². The molecule has 3 heterocycles. The number of carbonyl (C=O) groups excluding carboxylic acids is 2. The van der Waals surface area contributed by atoms with Gasteiger partial charge in [-0.2, -0.15) is 0 Å². The summed E-state index contributed by atoms with van der Waals surface area (Å²) in [7, 11) is 0. The Labute approximate surface area is 183 Å². The number of nitrogens with one attached hydrogen (secondary N) is 2. The van der Waals surface area contributed by atoms with Crippen molar-refractivity contribution in [3.63, 3.8) is 0 Å². The van der Waals surface area contributed by atoms with E-state index in [0.29, 0.717) is 12.5 Å². The van der Waals surface area contributed by atoms with Crippen molar-refractivity contribution >= 4 is 23.1 Å². The van der Waals surface area contributed by atoms with Crippen LogP contribution in [-0.4, -0.2) is 52.7 Å². The molecule has 2 aromatic heterocycles. The number of aliphatic imine (C=N–C) groups is 1. The molecule has 1 aliphatic heterocycles. The third-order valence-corrected chi connectivity index (χ3v) is 6.98. The number of H-pyrrole nitrogens is 1. The van der Waals surface area contributed by atoms with Gasteiger partial charge in [0.1, 0.15) is 0 Å². The van der Waals surface area contributed by atoms with Crippen LogP contribution in [0.2, 0.25) is 0 Å². The molecule has 2 N–H and O–H groups in total. The lowest BCUT2D eigenvalue weighted by Crippen LogP contribution is -2.52. The first kappa shape index (κ1) is 21.6. The molecule has 4 rings (SSSR count). The normalized spacial score (nSPS) is 26.4. The summed E-state index contributed by atoms with van der Waals surface area (Å²) >= 11 is 0. The number of hydrogen-bond acceptors (Lipinski definition) is 4. The second-order valence-electron chi connectivity index (χ2n) is 10.5. The first-order valence-electron chi connectivity index (χ1n) is 11.3. The lowest BCUT2D eigenvalue weighted by molar-refractivity contribution is 0.0769. The summed E-state index contributed by atoms with van der Waals surface area (Å²) in [5.74, 6) is 0.422. The molecule has 1 saturated carbocycles. The molecule has 2 fully saturated rings. The molecule has 0 aromatic carbocycles. The zero-order valence-electron chi connectivity index (χ0n) is 18.8. The number of aromatic amines is 1. The van der Waals surface area contributed by atoms with Crippen LogP contribution in [-0.2, 0) is 4.79 Å². The second-order valence-corrected chi connectivity index (χ2v) is 10.5. The topological polar surface area (TPSA) is 90.4 Å². The van der Waals surface area contributed by atoms with Gasteiger partial charge in [0.2, 0.25) is 6.08 Å². The number of urea groups is 1. The second kappa shape index (κ2) is 8.46. The predicted molar refractivity (Wildman–Crippen MR) is 121 cm³/mol. The van der Waals surface area contributed by atoms with E-state index < -0.39 is 0 Å². The van der Waals surface area contributed by atoms with Crippen molar-refractivity contribution in [2.24, 2.45) is 15.8 Å². The Morgan fingerprint density at radius 3 is 2.84 bits per heavy atom. The molecule has 7 nitrogen and oxygen atoms in total. The number of carbonyl (C=O) groups is 1. The SMILES string of the molecule is CC1(C)CC(NC(=O)N2CCC(c3c[nH]c4cccnc34)CC2)CC(C)(CN=C=O)C1. The Bertz CT molecular complexity index is 985. The molecule has 0 bridgehead atoms. The van der Waals surface area contributed by atoms with Gasteiger partial charge in [0, 0.05) is 31.5 Å². The van der Waals surface area contributed by atoms with Crippen LogP contribution in [0.5, 0.6) is 0 Å². The third kappa shape index (κ3) is 4.82. The van der Waals surface area contributed by atoms with E-state index in [0.717, 1.165) is 56.2 Å². The van der Waals surface area contributed by atoms with Crippen molar-refractivity contribution in [1.29, 1.82) is 0 Å². The largest absolute Gasteiger partial charge is 0.360 e. The molecule has 2 atom stereocenters. The highest BCUT2D eigenvalue weighted by Gasteiger charge is 2.42. The Morgan fingerprint density at radius 1 is 1.32 bits per heavy atom. The standard InChI is InChI=1S/C24H33N5O2/c1-23(2)11-18(12-24(3,14-23)15-25-16-30)28-22(31)29-9-6-17(7-10-29)19-13-27-20-5-4-8-26-21(19)20/h4-5,8,13,17-18,27H,6-7,9-12,14-15H2,1-3H3,(H,28,31). The highest BCUT2D eigenvalue weighted by atomic mass is 16.2. The molecular weight excluding hydrogens is 390 g/mol. The summed E-state index contributed by atoms with van der Waals surface area (Å²) in [6, 6.07) is 4.12. The molecule has 2 unspecified atom stereocenters. The molecule has 1 aliphatic carbocycles. The summed E-state index contributed by atoms with van der Waals surface area (Å²) in [6.45, 7) is 8.59. The van der Waals surface area contributed by atoms with Crippen molar-refractivity contribution in [2.75, 3.05) is 19.6 Å². The van der Waals surface area contributed by atoms with Gasteiger partial charge >= 0.3 is 6.03 Å². The molecule has 7 heteroatoms. The van der Waals surface area contributed by atoms with E-state index in [9.17, 15) is 9.59 Å². The molecule has 1 saturated heterocycles. The summed E-state index contributed by atoms with van der Waals surface area (Å²) in [5, 5.41) is 3.28. The van der Waals surface area contributed by atoms with Crippen molar-refractivity contribution in [1.82, 2.24) is 20.2 Å². The highest BCUT2D eigenvalue weighted by molar-refractivity contribution is 5.79. The van der Waals surface area contributed by atoms with Gasteiger partial charge < -0.3 is 15.2 Å². The Kier molecular flexibility index (Phi) is 5.89. The maximum atomic E-state index is 13.0. The van der Waals surface area contributed by atoms with Crippen molar-refractivity contribution in [2.45, 2.75) is 64.8 Å². The molecule has 2 amide bonds. The maximum Gasteiger partial charge on any atom is 0.317 e. The zero-order chi connectivity index (χ0) is 22.1. The molecule has 0 radical (unpaired) electrons. The number of rotatable bonds is 4. The molecule has 2 aromatic rings. The number of hydrogen-bond donors (Lipinski definition) is 2. The molecule has 31 heavy (non-hydrogen) atoms. The smallest absolute Gasteiger partial charge is 0.317 e. The number of likely N-dealkylation sites (tertiary alicyclic amines) is 1. The monoisotopic (exact) mass is 423 g/mol. The quantitative estimate of drug-likeness (QED) is 0.565. The van der Waals surface area contributed by atoms with Gasteiger partial charge in [-0.25, -0.2) is 14.6 Å². The molecule has 166 valence electrons. The van der Waals surface area contributed by atoms with Crippen molar-refractivity contribution < 1.29 is 9.59 Å². The minimum Gasteiger partial charge on any atom is -0.360 e. The van der Waals surface area contributed by atoms with Crippen LogP contribution in [0.1, 0.15) is 64.4 Å². The number of isocyanates is 1. The van der Waals surface area contributed by atoms with Crippen LogP contribution in [0.15, 0.2) is 29.5 Å². The summed E-state index contributed by atoms with van der Waals surface area (Å²) in [5.41, 5.74) is 3.38. The van der Waals surface area contributed by atoms with Crippen LogP contribution < -0.4 is 5.32 Å². The maximum absolute atomic E-state index is 13.0. The molecule has 0 spiro atoms. The lowest BCUT2D eigenvalue weighted by Gasteiger charge is -2.46. The number of aromatic nitrogens is 2. The average molecular weight is 424 g/mol. The van der Waals surface area contributed by atoms with E-state index in [4.69, 9.17) is 0 Å². The fourth-order valence-electron chi connectivity index (χ4n) is 6.03. The Morgan fingerprint density at radius 2 is 2.10 bits per heavy atom. The van der Waals surface area contributed by atoms with E-state index in [2.05, 4.69) is 47.2 Å². The number of fused-ring (bicyclic) bond motifs is 1. The lowest BCUT2D eigenvalue weighted by atomic mass is 9.62. The first-order chi connectivity index (χ1) is 14.8. The van der Waals surface area contributed by atoms with Crippen LogP contribution in [0.4, 0.5) is 4.79 Å². The van der Waals surface area contributed by atoms with Crippen LogP contribution >= 0.6 is 0 Å². The summed E-state index contributed by atoms with van der Waals surface area (Å²) in [6.07, 6.45) is 10.2. The minimum absolute atomic E-state index is 0.0273. The summed E-state index contributed by atoms with van der Waals surface area (Å²) < 4.78 is 0. The van der Waals surface area contributed by atoms with Gasteiger partial charge in [0.15, 0.2) is 0 Å². The fraction of sp³-hybridized carbons (Fsp3) is 0.625. The van der Waals surface area contributed by atoms with Crippen LogP contribution in [0, 0.1) is 10.8 Å². The van der Waals surface area contributed by atoms with Gasteiger partial charge in [0.05, 0.1) is 17.6 Å². The van der Waals surface area contributed by atoms with Gasteiger partial charge in [-0.1, -0.05) is 20.8 Å². The average Bonchev–Trinajstić information content (AvgIpc) is 3.15.